The van der Waals surface area contributed by atoms with Crippen LogP contribution in [0.1, 0.15) is 0 Å². The van der Waals surface area contributed by atoms with E-state index in [-0.39, 0.29) is 40.2 Å². The van der Waals surface area contributed by atoms with E-state index in [1.807, 2.05) is 0 Å². The normalized spacial score (nSPS) is 18.0. The highest BCUT2D eigenvalue weighted by Gasteiger charge is 2.29. The minimum absolute atomic E-state index is 0.0443. The number of ether oxygens (including phenoxy) is 3. The Balaban J connectivity index is 1.36. The highest BCUT2D eigenvalue weighted by Crippen LogP contribution is 2.28. The predicted octanol–water partition coefficient (Wildman–Crippen LogP) is 1.40. The fourth-order valence-electron chi connectivity index (χ4n) is 3.69. The number of amides is 1. The second-order valence-corrected chi connectivity index (χ2v) is 12.2. The van der Waals surface area contributed by atoms with Crippen LogP contribution in [0.5, 0.6) is 5.75 Å². The van der Waals surface area contributed by atoms with E-state index in [4.69, 9.17) is 25.8 Å². The van der Waals surface area contributed by atoms with E-state index in [1.165, 1.54) is 51.1 Å². The predicted molar refractivity (Wildman–Crippen MR) is 131 cm³/mol. The minimum atomic E-state index is -3.85. The molecule has 14 heteroatoms. The van der Waals surface area contributed by atoms with Crippen molar-refractivity contribution in [2.45, 2.75) is 9.79 Å². The molecule has 4 rings (SSSR count). The number of morpholine rings is 2. The Bertz CT molecular complexity index is 1290. The number of halogens is 1. The lowest BCUT2D eigenvalue weighted by Crippen LogP contribution is -2.40. The molecule has 196 valence electrons. The summed E-state index contributed by atoms with van der Waals surface area (Å²) in [5, 5.41) is 2.63. The van der Waals surface area contributed by atoms with E-state index < -0.39 is 26.0 Å². The summed E-state index contributed by atoms with van der Waals surface area (Å²) in [6.07, 6.45) is 0. The van der Waals surface area contributed by atoms with E-state index in [2.05, 4.69) is 5.32 Å². The summed E-state index contributed by atoms with van der Waals surface area (Å²) in [7, 11) is -7.48. The van der Waals surface area contributed by atoms with Gasteiger partial charge in [-0.1, -0.05) is 11.6 Å². The van der Waals surface area contributed by atoms with Gasteiger partial charge in [-0.05, 0) is 42.5 Å². The maximum absolute atomic E-state index is 13.0. The lowest BCUT2D eigenvalue weighted by Gasteiger charge is -2.26. The van der Waals surface area contributed by atoms with Crippen molar-refractivity contribution >= 4 is 43.2 Å². The molecule has 2 aromatic carbocycles. The second kappa shape index (κ2) is 11.4. The molecule has 2 aliphatic heterocycles. The van der Waals surface area contributed by atoms with Gasteiger partial charge in [0, 0.05) is 31.9 Å². The number of hydrogen-bond acceptors (Lipinski definition) is 8. The Hall–Kier alpha value is -2.26. The monoisotopic (exact) mass is 559 g/mol. The van der Waals surface area contributed by atoms with Gasteiger partial charge in [0.05, 0.1) is 36.3 Å². The van der Waals surface area contributed by atoms with Crippen molar-refractivity contribution in [1.82, 2.24) is 8.61 Å². The molecule has 0 radical (unpaired) electrons. The molecule has 11 nitrogen and oxygen atoms in total. The summed E-state index contributed by atoms with van der Waals surface area (Å²) in [6.45, 7) is 1.94. The third-order valence-corrected chi connectivity index (χ3v) is 9.90. The Labute approximate surface area is 215 Å². The SMILES string of the molecule is O=C(COc1ccc(S(=O)(=O)N2CCOCC2)cc1)Nc1ccc(Cl)c(S(=O)(=O)N2CCOCC2)c1. The highest BCUT2D eigenvalue weighted by molar-refractivity contribution is 7.89. The molecule has 2 heterocycles. The van der Waals surface area contributed by atoms with Crippen LogP contribution in [0.25, 0.3) is 0 Å². The van der Waals surface area contributed by atoms with Crippen molar-refractivity contribution < 1.29 is 35.8 Å². The molecule has 0 unspecified atom stereocenters. The molecule has 0 atom stereocenters. The maximum Gasteiger partial charge on any atom is 0.262 e. The van der Waals surface area contributed by atoms with Crippen LogP contribution in [0, 0.1) is 0 Å². The van der Waals surface area contributed by atoms with Crippen LogP contribution in [-0.4, -0.2) is 90.6 Å². The van der Waals surface area contributed by atoms with E-state index >= 15 is 0 Å². The first kappa shape index (κ1) is 26.8. The first-order valence-electron chi connectivity index (χ1n) is 11.2. The second-order valence-electron chi connectivity index (χ2n) is 7.99. The molecule has 2 aromatic rings. The molecular weight excluding hydrogens is 534 g/mol. The minimum Gasteiger partial charge on any atom is -0.484 e. The van der Waals surface area contributed by atoms with Crippen LogP contribution < -0.4 is 10.1 Å². The summed E-state index contributed by atoms with van der Waals surface area (Å²) in [5.41, 5.74) is 0.242. The van der Waals surface area contributed by atoms with Gasteiger partial charge in [0.2, 0.25) is 20.0 Å². The fraction of sp³-hybridized carbons (Fsp3) is 0.409. The molecule has 1 N–H and O–H groups in total. The number of anilines is 1. The zero-order chi connectivity index (χ0) is 25.8. The van der Waals surface area contributed by atoms with E-state index in [1.54, 1.807) is 0 Å². The molecule has 2 saturated heterocycles. The van der Waals surface area contributed by atoms with Crippen molar-refractivity contribution in [1.29, 1.82) is 0 Å². The first-order chi connectivity index (χ1) is 17.2. The van der Waals surface area contributed by atoms with Crippen LogP contribution in [0.2, 0.25) is 5.02 Å². The molecule has 0 spiro atoms. The molecule has 0 saturated carbocycles. The number of nitrogens with zero attached hydrogens (tertiary/aromatic N) is 2. The molecule has 2 fully saturated rings. The summed E-state index contributed by atoms with van der Waals surface area (Å²) in [4.78, 5) is 12.4. The van der Waals surface area contributed by atoms with Crippen LogP contribution >= 0.6 is 11.6 Å². The Morgan fingerprint density at radius 2 is 1.42 bits per heavy atom. The van der Waals surface area contributed by atoms with E-state index in [0.717, 1.165) is 0 Å². The molecule has 1 amide bonds. The van der Waals surface area contributed by atoms with Gasteiger partial charge >= 0.3 is 0 Å². The van der Waals surface area contributed by atoms with Gasteiger partial charge in [-0.2, -0.15) is 8.61 Å². The molecule has 0 aliphatic carbocycles. The van der Waals surface area contributed by atoms with Gasteiger partial charge < -0.3 is 19.5 Å². The number of nitrogens with one attached hydrogen (secondary N) is 1. The zero-order valence-electron chi connectivity index (χ0n) is 19.3. The average molecular weight is 560 g/mol. The van der Waals surface area contributed by atoms with Crippen molar-refractivity contribution in [3.05, 3.63) is 47.5 Å². The molecule has 0 bridgehead atoms. The van der Waals surface area contributed by atoms with Crippen molar-refractivity contribution in [3.8, 4) is 5.75 Å². The largest absolute Gasteiger partial charge is 0.484 e. The van der Waals surface area contributed by atoms with Crippen LogP contribution in [0.3, 0.4) is 0 Å². The van der Waals surface area contributed by atoms with Crippen LogP contribution in [-0.2, 0) is 34.3 Å². The van der Waals surface area contributed by atoms with Crippen molar-refractivity contribution in [2.24, 2.45) is 0 Å². The zero-order valence-corrected chi connectivity index (χ0v) is 21.6. The molecule has 2 aliphatic rings. The standard InChI is InChI=1S/C22H26ClN3O8S2/c23-20-6-1-17(15-21(20)36(30,31)26-9-13-33-14-10-26)24-22(27)16-34-18-2-4-19(5-3-18)35(28,29)25-7-11-32-12-8-25/h1-6,15H,7-14,16H2,(H,24,27). The van der Waals surface area contributed by atoms with Gasteiger partial charge in [0.15, 0.2) is 6.61 Å². The number of carbonyl (C=O) groups excluding carboxylic acids is 1. The number of carbonyl (C=O) groups is 1. The third-order valence-electron chi connectivity index (χ3n) is 5.60. The smallest absolute Gasteiger partial charge is 0.262 e. The van der Waals surface area contributed by atoms with E-state index in [9.17, 15) is 21.6 Å². The Morgan fingerprint density at radius 1 is 0.861 bits per heavy atom. The first-order valence-corrected chi connectivity index (χ1v) is 14.4. The van der Waals surface area contributed by atoms with E-state index in [0.29, 0.717) is 45.3 Å². The quantitative estimate of drug-likeness (QED) is 0.513. The number of benzene rings is 2. The lowest BCUT2D eigenvalue weighted by molar-refractivity contribution is -0.118. The van der Waals surface area contributed by atoms with Gasteiger partial charge in [0.1, 0.15) is 10.6 Å². The molecule has 36 heavy (non-hydrogen) atoms. The van der Waals surface area contributed by atoms with Gasteiger partial charge in [-0.3, -0.25) is 4.79 Å². The highest BCUT2D eigenvalue weighted by atomic mass is 35.5. The number of hydrogen-bond donors (Lipinski definition) is 1. The van der Waals surface area contributed by atoms with Crippen molar-refractivity contribution in [3.63, 3.8) is 0 Å². The van der Waals surface area contributed by atoms with Gasteiger partial charge in [-0.15, -0.1) is 0 Å². The third kappa shape index (κ3) is 6.17. The number of sulfonamides is 2. The Morgan fingerprint density at radius 3 is 2.00 bits per heavy atom. The summed E-state index contributed by atoms with van der Waals surface area (Å²) >= 11 is 6.15. The summed E-state index contributed by atoms with van der Waals surface area (Å²) in [5.74, 6) is -0.227. The van der Waals surface area contributed by atoms with Crippen LogP contribution in [0.4, 0.5) is 5.69 Å². The fourth-order valence-corrected chi connectivity index (χ4v) is 7.01. The van der Waals surface area contributed by atoms with Gasteiger partial charge in [0.25, 0.3) is 5.91 Å². The topological polar surface area (TPSA) is 132 Å². The summed E-state index contributed by atoms with van der Waals surface area (Å²) < 4.78 is 69.8. The maximum atomic E-state index is 13.0. The number of rotatable bonds is 8. The lowest BCUT2D eigenvalue weighted by atomic mass is 10.3. The molecule has 0 aromatic heterocycles. The Kier molecular flexibility index (Phi) is 8.50. The van der Waals surface area contributed by atoms with Crippen molar-refractivity contribution in [2.75, 3.05) is 64.5 Å². The average Bonchev–Trinajstić information content (AvgIpc) is 2.90. The molecular formula is C22H26ClN3O8S2. The van der Waals surface area contributed by atoms with Gasteiger partial charge in [-0.25, -0.2) is 16.8 Å². The van der Waals surface area contributed by atoms with Crippen LogP contribution in [0.15, 0.2) is 52.3 Å². The summed E-state index contributed by atoms with van der Waals surface area (Å²) in [6, 6.07) is 9.96.